The average molecular weight is 250 g/mol. The number of benzene rings is 1. The lowest BCUT2D eigenvalue weighted by atomic mass is 10.0. The minimum absolute atomic E-state index is 0.0168. The van der Waals surface area contributed by atoms with Crippen molar-refractivity contribution in [2.24, 2.45) is 0 Å². The molecule has 1 rings (SSSR count). The van der Waals surface area contributed by atoms with Gasteiger partial charge in [-0.05, 0) is 44.9 Å². The van der Waals surface area contributed by atoms with E-state index in [-0.39, 0.29) is 18.1 Å². The van der Waals surface area contributed by atoms with Crippen molar-refractivity contribution in [3.05, 3.63) is 23.8 Å². The molecule has 100 valence electrons. The van der Waals surface area contributed by atoms with Gasteiger partial charge in [0.1, 0.15) is 5.75 Å². The van der Waals surface area contributed by atoms with Crippen molar-refractivity contribution in [2.45, 2.75) is 39.7 Å². The van der Waals surface area contributed by atoms with Gasteiger partial charge >= 0.3 is 0 Å². The van der Waals surface area contributed by atoms with E-state index in [9.17, 15) is 4.79 Å². The Morgan fingerprint density at radius 3 is 2.72 bits per heavy atom. The first-order chi connectivity index (χ1) is 8.34. The average Bonchev–Trinajstić information content (AvgIpc) is 2.30. The van der Waals surface area contributed by atoms with Crippen LogP contribution in [0.3, 0.4) is 0 Å². The minimum Gasteiger partial charge on any atom is -0.482 e. The van der Waals surface area contributed by atoms with Gasteiger partial charge in [-0.3, -0.25) is 4.79 Å². The monoisotopic (exact) mass is 250 g/mol. The Balaban J connectivity index is 2.55. The van der Waals surface area contributed by atoms with E-state index in [0.717, 1.165) is 12.0 Å². The number of hydrogen-bond acceptors (Lipinski definition) is 3. The fourth-order valence-electron chi connectivity index (χ4n) is 1.41. The number of amides is 1. The van der Waals surface area contributed by atoms with Crippen LogP contribution >= 0.6 is 0 Å². The van der Waals surface area contributed by atoms with Crippen molar-refractivity contribution in [3.8, 4) is 5.75 Å². The lowest BCUT2D eigenvalue weighted by Gasteiger charge is -2.24. The Hall–Kier alpha value is -1.71. The van der Waals surface area contributed by atoms with Crippen LogP contribution in [0, 0.1) is 6.92 Å². The molecule has 0 bridgehead atoms. The Bertz CT molecular complexity index is 428. The number of nitrogen functional groups attached to an aromatic ring is 1. The minimum atomic E-state index is -0.210. The van der Waals surface area contributed by atoms with Crippen molar-refractivity contribution in [2.75, 3.05) is 12.3 Å². The molecule has 0 atom stereocenters. The number of aryl methyl sites for hydroxylation is 1. The zero-order chi connectivity index (χ0) is 13.8. The van der Waals surface area contributed by atoms with Crippen LogP contribution in [0.5, 0.6) is 5.75 Å². The van der Waals surface area contributed by atoms with Gasteiger partial charge in [-0.1, -0.05) is 13.0 Å². The molecule has 0 saturated carbocycles. The molecule has 0 unspecified atom stereocenters. The van der Waals surface area contributed by atoms with E-state index >= 15 is 0 Å². The molecule has 3 N–H and O–H groups in total. The summed E-state index contributed by atoms with van der Waals surface area (Å²) in [6.45, 7) is 7.92. The van der Waals surface area contributed by atoms with Gasteiger partial charge in [0.2, 0.25) is 0 Å². The summed E-state index contributed by atoms with van der Waals surface area (Å²) in [6, 6.07) is 5.51. The van der Waals surface area contributed by atoms with Gasteiger partial charge in [0.25, 0.3) is 5.91 Å². The largest absolute Gasteiger partial charge is 0.482 e. The van der Waals surface area contributed by atoms with Crippen LogP contribution in [0.15, 0.2) is 18.2 Å². The van der Waals surface area contributed by atoms with E-state index in [4.69, 9.17) is 10.5 Å². The van der Waals surface area contributed by atoms with E-state index in [0.29, 0.717) is 11.4 Å². The standard InChI is InChI=1S/C14H22N2O2/c1-5-14(3,4)16-13(17)9-18-12-8-10(2)6-7-11(12)15/h6-8H,5,9,15H2,1-4H3,(H,16,17). The van der Waals surface area contributed by atoms with E-state index in [1.54, 1.807) is 6.07 Å². The second kappa shape index (κ2) is 5.76. The summed E-state index contributed by atoms with van der Waals surface area (Å²) in [5.74, 6) is 0.419. The first-order valence-electron chi connectivity index (χ1n) is 6.14. The van der Waals surface area contributed by atoms with Crippen molar-refractivity contribution < 1.29 is 9.53 Å². The highest BCUT2D eigenvalue weighted by Crippen LogP contribution is 2.22. The summed E-state index contributed by atoms with van der Waals surface area (Å²) in [6.07, 6.45) is 0.866. The predicted molar refractivity (Wildman–Crippen MR) is 73.6 cm³/mol. The molecule has 18 heavy (non-hydrogen) atoms. The summed E-state index contributed by atoms with van der Waals surface area (Å²) >= 11 is 0. The fourth-order valence-corrected chi connectivity index (χ4v) is 1.41. The number of hydrogen-bond donors (Lipinski definition) is 2. The highest BCUT2D eigenvalue weighted by molar-refractivity contribution is 5.78. The maximum absolute atomic E-state index is 11.7. The number of anilines is 1. The predicted octanol–water partition coefficient (Wildman–Crippen LogP) is 2.26. The maximum Gasteiger partial charge on any atom is 0.258 e. The van der Waals surface area contributed by atoms with E-state index in [1.165, 1.54) is 0 Å². The first kappa shape index (κ1) is 14.4. The zero-order valence-corrected chi connectivity index (χ0v) is 11.5. The number of carbonyl (C=O) groups excluding carboxylic acids is 1. The first-order valence-corrected chi connectivity index (χ1v) is 6.14. The van der Waals surface area contributed by atoms with E-state index in [2.05, 4.69) is 5.32 Å². The van der Waals surface area contributed by atoms with Crippen LogP contribution in [0.4, 0.5) is 5.69 Å². The molecular weight excluding hydrogens is 228 g/mol. The van der Waals surface area contributed by atoms with Crippen LogP contribution in [0.25, 0.3) is 0 Å². The Morgan fingerprint density at radius 2 is 2.11 bits per heavy atom. The molecular formula is C14H22N2O2. The third-order valence-corrected chi connectivity index (χ3v) is 2.89. The number of nitrogens with one attached hydrogen (secondary N) is 1. The van der Waals surface area contributed by atoms with Gasteiger partial charge in [0.15, 0.2) is 6.61 Å². The Morgan fingerprint density at radius 1 is 1.44 bits per heavy atom. The summed E-state index contributed by atoms with van der Waals surface area (Å²) in [5, 5.41) is 2.91. The highest BCUT2D eigenvalue weighted by atomic mass is 16.5. The van der Waals surface area contributed by atoms with Crippen molar-refractivity contribution in [3.63, 3.8) is 0 Å². The van der Waals surface area contributed by atoms with Gasteiger partial charge in [0, 0.05) is 5.54 Å². The Kier molecular flexibility index (Phi) is 4.59. The van der Waals surface area contributed by atoms with Gasteiger partial charge in [0.05, 0.1) is 5.69 Å². The number of ether oxygens (including phenoxy) is 1. The van der Waals surface area contributed by atoms with Gasteiger partial charge in [-0.2, -0.15) is 0 Å². The summed E-state index contributed by atoms with van der Waals surface area (Å²) in [5.41, 5.74) is 7.16. The smallest absolute Gasteiger partial charge is 0.258 e. The molecule has 0 spiro atoms. The maximum atomic E-state index is 11.7. The SMILES string of the molecule is CCC(C)(C)NC(=O)COc1cc(C)ccc1N. The topological polar surface area (TPSA) is 64.3 Å². The molecule has 1 aromatic carbocycles. The molecule has 1 amide bonds. The van der Waals surface area contributed by atoms with Crippen molar-refractivity contribution in [1.29, 1.82) is 0 Å². The second-order valence-corrected chi connectivity index (χ2v) is 5.12. The second-order valence-electron chi connectivity index (χ2n) is 5.12. The van der Waals surface area contributed by atoms with Crippen molar-refractivity contribution >= 4 is 11.6 Å². The van der Waals surface area contributed by atoms with Crippen LogP contribution < -0.4 is 15.8 Å². The summed E-state index contributed by atoms with van der Waals surface area (Å²) in [4.78, 5) is 11.7. The number of rotatable bonds is 5. The lowest BCUT2D eigenvalue weighted by Crippen LogP contribution is -2.44. The van der Waals surface area contributed by atoms with Crippen LogP contribution in [-0.4, -0.2) is 18.1 Å². The molecule has 1 aromatic rings. The van der Waals surface area contributed by atoms with Gasteiger partial charge in [-0.25, -0.2) is 0 Å². The quantitative estimate of drug-likeness (QED) is 0.788. The molecule has 0 radical (unpaired) electrons. The molecule has 0 aliphatic carbocycles. The van der Waals surface area contributed by atoms with Crippen LogP contribution in [0.1, 0.15) is 32.8 Å². The number of nitrogens with two attached hydrogens (primary N) is 1. The third kappa shape index (κ3) is 4.28. The molecule has 0 aliphatic rings. The molecule has 0 aromatic heterocycles. The summed E-state index contributed by atoms with van der Waals surface area (Å²) < 4.78 is 5.43. The fraction of sp³-hybridized carbons (Fsp3) is 0.500. The Labute approximate surface area is 109 Å². The molecule has 0 fully saturated rings. The molecule has 4 nitrogen and oxygen atoms in total. The van der Waals surface area contributed by atoms with Gasteiger partial charge < -0.3 is 15.8 Å². The van der Waals surface area contributed by atoms with E-state index in [1.807, 2.05) is 39.8 Å². The molecule has 4 heteroatoms. The summed E-state index contributed by atoms with van der Waals surface area (Å²) in [7, 11) is 0. The highest BCUT2D eigenvalue weighted by Gasteiger charge is 2.18. The van der Waals surface area contributed by atoms with E-state index < -0.39 is 0 Å². The zero-order valence-electron chi connectivity index (χ0n) is 11.5. The normalized spacial score (nSPS) is 11.1. The lowest BCUT2D eigenvalue weighted by molar-refractivity contribution is -0.124. The van der Waals surface area contributed by atoms with Crippen LogP contribution in [-0.2, 0) is 4.79 Å². The molecule has 0 aliphatic heterocycles. The number of carbonyl (C=O) groups is 1. The molecule has 0 heterocycles. The van der Waals surface area contributed by atoms with Crippen molar-refractivity contribution in [1.82, 2.24) is 5.32 Å². The third-order valence-electron chi connectivity index (χ3n) is 2.89. The van der Waals surface area contributed by atoms with Gasteiger partial charge in [-0.15, -0.1) is 0 Å². The molecule has 0 saturated heterocycles. The van der Waals surface area contributed by atoms with Crippen LogP contribution in [0.2, 0.25) is 0 Å².